The fourth-order valence-corrected chi connectivity index (χ4v) is 4.71. The first-order valence-corrected chi connectivity index (χ1v) is 13.2. The van der Waals surface area contributed by atoms with Crippen LogP contribution >= 0.6 is 0 Å². The number of ketones is 1. The summed E-state index contributed by atoms with van der Waals surface area (Å²) in [4.78, 5) is 40.0. The number of anilines is 2. The van der Waals surface area contributed by atoms with Gasteiger partial charge in [0.2, 0.25) is 0 Å². The molecule has 3 aromatic carbocycles. The SMILES string of the molecule is C#Cc1ccc(NC(=O)c2cc(C#C)ccc2NC(=O)c2ccc(C(=N)N3CCC(C(=O)CC)CC3)cc2F)cc1.O. The first-order chi connectivity index (χ1) is 19.7. The third kappa shape index (κ3) is 7.08. The Kier molecular flexibility index (Phi) is 10.3. The van der Waals surface area contributed by atoms with E-state index < -0.39 is 17.6 Å². The molecule has 0 spiro atoms. The topological polar surface area (TPSA) is 134 Å². The summed E-state index contributed by atoms with van der Waals surface area (Å²) in [7, 11) is 0. The number of rotatable bonds is 7. The van der Waals surface area contributed by atoms with E-state index in [9.17, 15) is 14.4 Å². The number of carbonyl (C=O) groups excluding carboxylic acids is 3. The van der Waals surface area contributed by atoms with E-state index >= 15 is 4.39 Å². The van der Waals surface area contributed by atoms with Gasteiger partial charge in [-0.1, -0.05) is 24.8 Å². The van der Waals surface area contributed by atoms with Gasteiger partial charge in [0, 0.05) is 47.8 Å². The average molecular weight is 567 g/mol. The van der Waals surface area contributed by atoms with Gasteiger partial charge in [0.1, 0.15) is 17.4 Å². The summed E-state index contributed by atoms with van der Waals surface area (Å²) in [5.41, 5.74) is 1.89. The lowest BCUT2D eigenvalue weighted by molar-refractivity contribution is -0.123. The minimum absolute atomic E-state index is 0. The number of nitrogens with zero attached hydrogens (tertiary/aromatic N) is 1. The number of benzene rings is 3. The highest BCUT2D eigenvalue weighted by atomic mass is 19.1. The molecule has 0 aliphatic carbocycles. The molecule has 0 aromatic heterocycles. The Hall–Kier alpha value is -5.25. The van der Waals surface area contributed by atoms with E-state index in [4.69, 9.17) is 18.3 Å². The molecule has 0 atom stereocenters. The largest absolute Gasteiger partial charge is 0.412 e. The molecule has 5 N–H and O–H groups in total. The molecule has 1 heterocycles. The van der Waals surface area contributed by atoms with Crippen molar-refractivity contribution >= 4 is 34.8 Å². The summed E-state index contributed by atoms with van der Waals surface area (Å²) >= 11 is 0. The highest BCUT2D eigenvalue weighted by Crippen LogP contribution is 2.24. The molecular formula is C33H31FN4O4. The molecule has 1 aliphatic rings. The maximum absolute atomic E-state index is 15.1. The third-order valence-corrected chi connectivity index (χ3v) is 7.09. The quantitative estimate of drug-likeness (QED) is 0.221. The van der Waals surface area contributed by atoms with Crippen LogP contribution in [-0.2, 0) is 4.79 Å². The molecule has 1 aliphatic heterocycles. The Morgan fingerprint density at radius 2 is 1.52 bits per heavy atom. The van der Waals surface area contributed by atoms with Crippen LogP contribution in [0.1, 0.15) is 63.6 Å². The Balaban J connectivity index is 0.00000484. The minimum Gasteiger partial charge on any atom is -0.412 e. The number of amides is 2. The van der Waals surface area contributed by atoms with Gasteiger partial charge in [0.05, 0.1) is 16.8 Å². The number of terminal acetylenes is 2. The van der Waals surface area contributed by atoms with Crippen LogP contribution in [0.25, 0.3) is 0 Å². The van der Waals surface area contributed by atoms with Gasteiger partial charge in [0.25, 0.3) is 11.8 Å². The molecular weight excluding hydrogens is 535 g/mol. The first-order valence-electron chi connectivity index (χ1n) is 13.2. The van der Waals surface area contributed by atoms with Crippen molar-refractivity contribution in [3.8, 4) is 24.7 Å². The van der Waals surface area contributed by atoms with Gasteiger partial charge in [-0.25, -0.2) is 4.39 Å². The van der Waals surface area contributed by atoms with E-state index in [-0.39, 0.29) is 39.8 Å². The fourth-order valence-electron chi connectivity index (χ4n) is 4.71. The van der Waals surface area contributed by atoms with E-state index in [0.717, 1.165) is 6.07 Å². The van der Waals surface area contributed by atoms with Crippen molar-refractivity contribution in [3.05, 3.63) is 94.3 Å². The second-order valence-electron chi connectivity index (χ2n) is 9.66. The third-order valence-electron chi connectivity index (χ3n) is 7.09. The van der Waals surface area contributed by atoms with E-state index in [1.54, 1.807) is 30.3 Å². The summed E-state index contributed by atoms with van der Waals surface area (Å²) in [5.74, 6) is 3.23. The molecule has 0 unspecified atom stereocenters. The van der Waals surface area contributed by atoms with E-state index in [1.165, 1.54) is 24.3 Å². The number of likely N-dealkylation sites (tertiary alicyclic amines) is 1. The van der Waals surface area contributed by atoms with Crippen LogP contribution < -0.4 is 10.6 Å². The highest BCUT2D eigenvalue weighted by Gasteiger charge is 2.26. The van der Waals surface area contributed by atoms with Crippen molar-refractivity contribution in [2.75, 3.05) is 23.7 Å². The maximum atomic E-state index is 15.1. The monoisotopic (exact) mass is 566 g/mol. The number of amidine groups is 1. The molecule has 3 aromatic rings. The second-order valence-corrected chi connectivity index (χ2v) is 9.66. The van der Waals surface area contributed by atoms with Crippen LogP contribution in [0.4, 0.5) is 15.8 Å². The molecule has 214 valence electrons. The summed E-state index contributed by atoms with van der Waals surface area (Å²) in [6.45, 7) is 2.91. The van der Waals surface area contributed by atoms with Crippen LogP contribution in [0, 0.1) is 41.8 Å². The molecule has 0 radical (unpaired) electrons. The lowest BCUT2D eigenvalue weighted by Crippen LogP contribution is -2.40. The Bertz CT molecular complexity index is 1590. The predicted molar refractivity (Wildman–Crippen MR) is 161 cm³/mol. The second kappa shape index (κ2) is 13.9. The van der Waals surface area contributed by atoms with E-state index in [0.29, 0.717) is 54.7 Å². The van der Waals surface area contributed by atoms with Crippen molar-refractivity contribution in [2.24, 2.45) is 5.92 Å². The Labute approximate surface area is 244 Å². The molecule has 4 rings (SSSR count). The van der Waals surface area contributed by atoms with Crippen LogP contribution in [0.15, 0.2) is 60.7 Å². The molecule has 1 saturated heterocycles. The van der Waals surface area contributed by atoms with Gasteiger partial charge in [-0.15, -0.1) is 12.8 Å². The summed E-state index contributed by atoms with van der Waals surface area (Å²) < 4.78 is 15.1. The average Bonchev–Trinajstić information content (AvgIpc) is 3.00. The highest BCUT2D eigenvalue weighted by molar-refractivity contribution is 6.13. The zero-order valence-corrected chi connectivity index (χ0v) is 23.1. The Morgan fingerprint density at radius 1 is 0.905 bits per heavy atom. The van der Waals surface area contributed by atoms with Crippen molar-refractivity contribution in [1.82, 2.24) is 4.90 Å². The summed E-state index contributed by atoms with van der Waals surface area (Å²) in [6.07, 6.45) is 12.7. The number of halogens is 1. The van der Waals surface area contributed by atoms with Crippen molar-refractivity contribution in [3.63, 3.8) is 0 Å². The van der Waals surface area contributed by atoms with Crippen molar-refractivity contribution in [1.29, 1.82) is 5.41 Å². The molecule has 42 heavy (non-hydrogen) atoms. The molecule has 9 heteroatoms. The lowest BCUT2D eigenvalue weighted by atomic mass is 9.91. The number of piperidine rings is 1. The number of nitrogens with one attached hydrogen (secondary N) is 3. The van der Waals surface area contributed by atoms with Gasteiger partial charge in [-0.05, 0) is 67.4 Å². The molecule has 2 amide bonds. The van der Waals surface area contributed by atoms with Gasteiger partial charge in [0.15, 0.2) is 0 Å². The number of carbonyl (C=O) groups is 3. The van der Waals surface area contributed by atoms with Crippen LogP contribution in [0.3, 0.4) is 0 Å². The van der Waals surface area contributed by atoms with Crippen molar-refractivity contribution < 1.29 is 24.3 Å². The smallest absolute Gasteiger partial charge is 0.258 e. The van der Waals surface area contributed by atoms with Crippen LogP contribution in [-0.4, -0.2) is 46.9 Å². The van der Waals surface area contributed by atoms with Crippen molar-refractivity contribution in [2.45, 2.75) is 26.2 Å². The zero-order chi connectivity index (χ0) is 29.5. The van der Waals surface area contributed by atoms with E-state index in [1.807, 2.05) is 11.8 Å². The first kappa shape index (κ1) is 31.3. The molecule has 8 nitrogen and oxygen atoms in total. The minimum atomic E-state index is -0.805. The molecule has 1 fully saturated rings. The fraction of sp³-hybridized carbons (Fsp3) is 0.212. The summed E-state index contributed by atoms with van der Waals surface area (Å²) in [5, 5.41) is 13.9. The number of hydrogen-bond acceptors (Lipinski definition) is 4. The van der Waals surface area contributed by atoms with Gasteiger partial charge in [-0.3, -0.25) is 19.8 Å². The number of hydrogen-bond donors (Lipinski definition) is 3. The Morgan fingerprint density at radius 3 is 2.12 bits per heavy atom. The lowest BCUT2D eigenvalue weighted by Gasteiger charge is -2.33. The van der Waals surface area contributed by atoms with Gasteiger partial charge < -0.3 is 21.0 Å². The van der Waals surface area contributed by atoms with Crippen LogP contribution in [0.5, 0.6) is 0 Å². The zero-order valence-electron chi connectivity index (χ0n) is 23.1. The molecule has 0 bridgehead atoms. The standard InChI is InChI=1S/C33H29FN4O3.H2O/c1-4-21-7-11-25(12-8-21)36-33(41)27-19-22(5-2)9-14-29(27)37-32(40)26-13-10-24(20-28(26)34)31(35)38-17-15-23(16-18-38)30(39)6-3;/h1-2,7-14,19-20,23,35H,6,15-18H2,3H3,(H,36,41)(H,37,40);1H2. The normalized spacial score (nSPS) is 12.7. The maximum Gasteiger partial charge on any atom is 0.258 e. The summed E-state index contributed by atoms with van der Waals surface area (Å²) in [6, 6.07) is 15.1. The van der Waals surface area contributed by atoms with Crippen LogP contribution in [0.2, 0.25) is 0 Å². The van der Waals surface area contributed by atoms with Gasteiger partial charge in [-0.2, -0.15) is 0 Å². The molecule has 0 saturated carbocycles. The number of Topliss-reactive ketones (excluding diaryl/α,β-unsaturated/α-hetero) is 1. The van der Waals surface area contributed by atoms with E-state index in [2.05, 4.69) is 22.5 Å². The predicted octanol–water partition coefficient (Wildman–Crippen LogP) is 4.48. The van der Waals surface area contributed by atoms with Gasteiger partial charge >= 0.3 is 0 Å².